The van der Waals surface area contributed by atoms with Crippen molar-refractivity contribution in [2.75, 3.05) is 13.4 Å². The number of ether oxygens (including phenoxy) is 1. The van der Waals surface area contributed by atoms with E-state index in [0.29, 0.717) is 45.0 Å². The Morgan fingerprint density at radius 2 is 1.82 bits per heavy atom. The lowest BCUT2D eigenvalue weighted by Crippen LogP contribution is -2.59. The number of esters is 1. The minimum Gasteiger partial charge on any atom is -0.465 e. The van der Waals surface area contributed by atoms with Crippen molar-refractivity contribution in [1.29, 1.82) is 0 Å². The SMILES string of the molecule is COC(=O)c1csc(CONC(=O)[C@H]2c3ccccc3C(=O)N(C3CCCC[C@H]3NS(C)(=O)=O)C2c2ccc(Cl)cc2Cl)c1. The molecule has 2 heterocycles. The average Bonchev–Trinajstić information content (AvgIpc) is 3.45. The molecule has 4 atom stereocenters. The van der Waals surface area contributed by atoms with Gasteiger partial charge in [-0.3, -0.25) is 14.4 Å². The summed E-state index contributed by atoms with van der Waals surface area (Å²) in [6, 6.07) is 11.3. The van der Waals surface area contributed by atoms with Gasteiger partial charge in [-0.25, -0.2) is 23.4 Å². The van der Waals surface area contributed by atoms with Crippen LogP contribution in [-0.4, -0.2) is 56.6 Å². The van der Waals surface area contributed by atoms with Crippen molar-refractivity contribution in [3.63, 3.8) is 0 Å². The summed E-state index contributed by atoms with van der Waals surface area (Å²) in [4.78, 5) is 48.1. The molecular formula is C30H31Cl2N3O7S2. The van der Waals surface area contributed by atoms with Gasteiger partial charge in [0.25, 0.3) is 11.8 Å². The number of sulfonamides is 1. The Labute approximate surface area is 269 Å². The monoisotopic (exact) mass is 679 g/mol. The Morgan fingerprint density at radius 1 is 1.07 bits per heavy atom. The molecule has 2 amide bonds. The fourth-order valence-electron chi connectivity index (χ4n) is 6.05. The number of methoxy groups -OCH3 is 1. The quantitative estimate of drug-likeness (QED) is 0.234. The normalized spacial score (nSPS) is 21.9. The first-order valence-corrected chi connectivity index (χ1v) is 17.4. The van der Waals surface area contributed by atoms with Crippen molar-refractivity contribution in [3.05, 3.63) is 91.1 Å². The van der Waals surface area contributed by atoms with E-state index in [1.165, 1.54) is 18.4 Å². The highest BCUT2D eigenvalue weighted by atomic mass is 35.5. The third kappa shape index (κ3) is 6.95. The van der Waals surface area contributed by atoms with Crippen LogP contribution >= 0.6 is 34.5 Å². The molecule has 1 aromatic heterocycles. The van der Waals surface area contributed by atoms with Crippen LogP contribution < -0.4 is 10.2 Å². The second-order valence-electron chi connectivity index (χ2n) is 10.8. The molecule has 1 aliphatic heterocycles. The van der Waals surface area contributed by atoms with Crippen molar-refractivity contribution in [2.24, 2.45) is 0 Å². The summed E-state index contributed by atoms with van der Waals surface area (Å²) < 4.78 is 32.2. The molecule has 1 fully saturated rings. The lowest BCUT2D eigenvalue weighted by atomic mass is 9.76. The number of hydroxylamine groups is 1. The fourth-order valence-corrected chi connectivity index (χ4v) is 8.16. The van der Waals surface area contributed by atoms with Crippen LogP contribution in [0.25, 0.3) is 0 Å². The molecule has 0 radical (unpaired) electrons. The molecule has 10 nitrogen and oxygen atoms in total. The van der Waals surface area contributed by atoms with E-state index in [4.69, 9.17) is 32.8 Å². The molecule has 234 valence electrons. The maximum Gasteiger partial charge on any atom is 0.338 e. The van der Waals surface area contributed by atoms with Crippen molar-refractivity contribution in [1.82, 2.24) is 15.1 Å². The maximum absolute atomic E-state index is 14.3. The number of nitrogens with one attached hydrogen (secondary N) is 2. The lowest BCUT2D eigenvalue weighted by Gasteiger charge is -2.49. The molecule has 1 saturated carbocycles. The molecule has 2 N–H and O–H groups in total. The van der Waals surface area contributed by atoms with Gasteiger partial charge in [0.15, 0.2) is 0 Å². The summed E-state index contributed by atoms with van der Waals surface area (Å²) in [6.07, 6.45) is 3.70. The van der Waals surface area contributed by atoms with Crippen LogP contribution in [0.15, 0.2) is 53.9 Å². The second kappa shape index (κ2) is 13.6. The Morgan fingerprint density at radius 3 is 2.55 bits per heavy atom. The number of hydrogen-bond acceptors (Lipinski definition) is 8. The van der Waals surface area contributed by atoms with Crippen molar-refractivity contribution < 1.29 is 32.4 Å². The first-order chi connectivity index (χ1) is 21.0. The highest BCUT2D eigenvalue weighted by Gasteiger charge is 2.49. The summed E-state index contributed by atoms with van der Waals surface area (Å²) in [5.74, 6) is -2.31. The van der Waals surface area contributed by atoms with Crippen molar-refractivity contribution >= 4 is 62.3 Å². The predicted octanol–water partition coefficient (Wildman–Crippen LogP) is 5.23. The van der Waals surface area contributed by atoms with Gasteiger partial charge in [-0.15, -0.1) is 11.3 Å². The molecule has 2 aromatic carbocycles. The smallest absolute Gasteiger partial charge is 0.338 e. The van der Waals surface area contributed by atoms with Crippen LogP contribution in [0.4, 0.5) is 0 Å². The van der Waals surface area contributed by atoms with Gasteiger partial charge in [0.05, 0.1) is 30.9 Å². The van der Waals surface area contributed by atoms with Gasteiger partial charge in [0.1, 0.15) is 6.61 Å². The minimum atomic E-state index is -3.60. The second-order valence-corrected chi connectivity index (χ2v) is 14.4. The fraction of sp³-hybridized carbons (Fsp3) is 0.367. The molecule has 5 rings (SSSR count). The predicted molar refractivity (Wildman–Crippen MR) is 167 cm³/mol. The molecule has 2 aliphatic rings. The number of nitrogens with zero attached hydrogens (tertiary/aromatic N) is 1. The lowest BCUT2D eigenvalue weighted by molar-refractivity contribution is -0.138. The van der Waals surface area contributed by atoms with Gasteiger partial charge in [-0.2, -0.15) is 0 Å². The van der Waals surface area contributed by atoms with Gasteiger partial charge in [-0.05, 0) is 48.2 Å². The number of amides is 2. The Kier molecular flexibility index (Phi) is 9.98. The molecule has 1 aliphatic carbocycles. The number of thiophene rings is 1. The third-order valence-corrected chi connectivity index (χ3v) is 10.1. The summed E-state index contributed by atoms with van der Waals surface area (Å²) in [5.41, 5.74) is 4.23. The van der Waals surface area contributed by atoms with Crippen LogP contribution in [0.3, 0.4) is 0 Å². The highest BCUT2D eigenvalue weighted by molar-refractivity contribution is 7.88. The van der Waals surface area contributed by atoms with Crippen LogP contribution in [-0.2, 0) is 31.0 Å². The van der Waals surface area contributed by atoms with Gasteiger partial charge in [-0.1, -0.05) is 60.3 Å². The molecule has 0 saturated heterocycles. The topological polar surface area (TPSA) is 131 Å². The van der Waals surface area contributed by atoms with E-state index in [9.17, 15) is 22.8 Å². The van der Waals surface area contributed by atoms with E-state index in [-0.39, 0.29) is 17.5 Å². The first kappa shape index (κ1) is 32.4. The van der Waals surface area contributed by atoms with E-state index >= 15 is 0 Å². The number of rotatable bonds is 9. The average molecular weight is 681 g/mol. The van der Waals surface area contributed by atoms with E-state index in [1.54, 1.807) is 58.8 Å². The standard InChI is InChI=1S/C30H31Cl2N3O7S2/c1-41-30(38)17-13-19(43-16-17)15-42-33-28(36)26-20-7-3-4-8-21(20)29(37)35(27(26)22-12-11-18(31)14-23(22)32)25-10-6-5-9-24(25)34-44(2,39)40/h3-4,7-8,11-14,16,24-27,34H,5-6,9-10,15H2,1-2H3,(H,33,36)/t24-,25?,26+,27?/m1/s1. The largest absolute Gasteiger partial charge is 0.465 e. The third-order valence-electron chi connectivity index (χ3n) is 7.85. The number of carbonyl (C=O) groups excluding carboxylic acids is 3. The molecule has 3 aromatic rings. The van der Waals surface area contributed by atoms with Gasteiger partial charge in [0.2, 0.25) is 10.0 Å². The van der Waals surface area contributed by atoms with Crippen molar-refractivity contribution in [2.45, 2.75) is 56.3 Å². The Bertz CT molecular complexity index is 1680. The van der Waals surface area contributed by atoms with Crippen LogP contribution in [0.1, 0.15) is 74.4 Å². The van der Waals surface area contributed by atoms with Gasteiger partial charge < -0.3 is 9.64 Å². The maximum atomic E-state index is 14.3. The zero-order chi connectivity index (χ0) is 31.6. The Balaban J connectivity index is 1.55. The van der Waals surface area contributed by atoms with E-state index in [2.05, 4.69) is 10.2 Å². The zero-order valence-corrected chi connectivity index (χ0v) is 27.1. The van der Waals surface area contributed by atoms with E-state index in [0.717, 1.165) is 19.1 Å². The van der Waals surface area contributed by atoms with Gasteiger partial charge in [0, 0.05) is 37.9 Å². The molecule has 2 unspecified atom stereocenters. The summed E-state index contributed by atoms with van der Waals surface area (Å²) in [7, 11) is -2.31. The summed E-state index contributed by atoms with van der Waals surface area (Å²) in [5, 5.41) is 2.28. The molecule has 44 heavy (non-hydrogen) atoms. The van der Waals surface area contributed by atoms with E-state index in [1.807, 2.05) is 0 Å². The number of hydrogen-bond donors (Lipinski definition) is 2. The molecule has 0 bridgehead atoms. The zero-order valence-electron chi connectivity index (χ0n) is 23.9. The van der Waals surface area contributed by atoms with Crippen molar-refractivity contribution in [3.8, 4) is 0 Å². The summed E-state index contributed by atoms with van der Waals surface area (Å²) in [6.45, 7) is -0.0141. The van der Waals surface area contributed by atoms with Crippen LogP contribution in [0, 0.1) is 0 Å². The highest BCUT2D eigenvalue weighted by Crippen LogP contribution is 2.47. The van der Waals surface area contributed by atoms with Gasteiger partial charge >= 0.3 is 5.97 Å². The molecular weight excluding hydrogens is 649 g/mol. The Hall–Kier alpha value is -3.00. The first-order valence-electron chi connectivity index (χ1n) is 13.9. The molecule has 14 heteroatoms. The molecule has 0 spiro atoms. The van der Waals surface area contributed by atoms with Crippen LogP contribution in [0.2, 0.25) is 10.0 Å². The minimum absolute atomic E-state index is 0.0141. The van der Waals surface area contributed by atoms with Crippen LogP contribution in [0.5, 0.6) is 0 Å². The number of fused-ring (bicyclic) bond motifs is 1. The number of carbonyl (C=O) groups is 3. The number of halogens is 2. The van der Waals surface area contributed by atoms with E-state index < -0.39 is 45.9 Å². The summed E-state index contributed by atoms with van der Waals surface area (Å²) >= 11 is 14.3. The number of benzene rings is 2.